The summed E-state index contributed by atoms with van der Waals surface area (Å²) in [7, 11) is 3.38. The number of nitrogens with zero attached hydrogens (tertiary/aromatic N) is 2. The number of aliphatic imine (C=N–C) groups is 1. The molecule has 0 spiro atoms. The van der Waals surface area contributed by atoms with Crippen LogP contribution >= 0.6 is 0 Å². The molecule has 10 nitrogen and oxygen atoms in total. The van der Waals surface area contributed by atoms with Gasteiger partial charge in [0.1, 0.15) is 36.9 Å². The lowest BCUT2D eigenvalue weighted by atomic mass is 9.77. The van der Waals surface area contributed by atoms with E-state index in [0.29, 0.717) is 43.2 Å². The molecule has 56 heavy (non-hydrogen) atoms. The van der Waals surface area contributed by atoms with Crippen molar-refractivity contribution in [1.82, 2.24) is 4.98 Å². The van der Waals surface area contributed by atoms with Crippen LogP contribution in [0, 0.1) is 10.8 Å². The van der Waals surface area contributed by atoms with E-state index in [0.717, 1.165) is 25.7 Å². The van der Waals surface area contributed by atoms with E-state index in [1.807, 2.05) is 74.6 Å². The molecule has 2 aliphatic heterocycles. The average molecular weight is 771 g/mol. The lowest BCUT2D eigenvalue weighted by molar-refractivity contribution is -0.105. The van der Waals surface area contributed by atoms with E-state index in [-0.39, 0.29) is 40.9 Å². The quantitative estimate of drug-likeness (QED) is 0.0314. The fourth-order valence-corrected chi connectivity index (χ4v) is 6.02. The van der Waals surface area contributed by atoms with E-state index in [4.69, 9.17) is 28.1 Å². The second-order valence-electron chi connectivity index (χ2n) is 14.7. The van der Waals surface area contributed by atoms with Crippen LogP contribution in [0.15, 0.2) is 119 Å². The van der Waals surface area contributed by atoms with Crippen LogP contribution in [0.4, 0.5) is 0 Å². The van der Waals surface area contributed by atoms with Crippen molar-refractivity contribution in [3.63, 3.8) is 0 Å². The SMILES string of the molecule is C/C=C/CC(C)(C)C(C/C=C\C1OC1/C=C/C=C\c1nc(C(=O)OC(C\C=C/C=C\C=C\C(CC2=NC(C=O)=CCO2)OC)C(C)(CC)C/C=C/C)co1)OC. The van der Waals surface area contributed by atoms with E-state index in [2.05, 4.69) is 68.1 Å². The van der Waals surface area contributed by atoms with Crippen LogP contribution in [-0.4, -0.2) is 74.5 Å². The summed E-state index contributed by atoms with van der Waals surface area (Å²) in [6, 6.07) is 0. The smallest absolute Gasteiger partial charge is 0.360 e. The number of hydrogen-bond donors (Lipinski definition) is 0. The Hall–Kier alpha value is -4.64. The summed E-state index contributed by atoms with van der Waals surface area (Å²) in [5.74, 6) is 0.240. The Kier molecular flexibility index (Phi) is 19.7. The Morgan fingerprint density at radius 1 is 0.911 bits per heavy atom. The topological polar surface area (TPSA) is 122 Å². The first-order valence-electron chi connectivity index (χ1n) is 19.5. The summed E-state index contributed by atoms with van der Waals surface area (Å²) in [5.41, 5.74) is 0.221. The van der Waals surface area contributed by atoms with Gasteiger partial charge in [-0.15, -0.1) is 0 Å². The van der Waals surface area contributed by atoms with E-state index >= 15 is 0 Å². The molecule has 10 heteroatoms. The van der Waals surface area contributed by atoms with Crippen LogP contribution in [0.1, 0.15) is 96.4 Å². The highest BCUT2D eigenvalue weighted by molar-refractivity contribution is 5.87. The highest BCUT2D eigenvalue weighted by atomic mass is 16.6. The maximum atomic E-state index is 13.3. The number of esters is 1. The maximum Gasteiger partial charge on any atom is 0.360 e. The molecule has 0 amide bonds. The van der Waals surface area contributed by atoms with Gasteiger partial charge in [0, 0.05) is 32.1 Å². The summed E-state index contributed by atoms with van der Waals surface area (Å²) >= 11 is 0. The number of methoxy groups -OCH3 is 2. The van der Waals surface area contributed by atoms with Gasteiger partial charge in [0.2, 0.25) is 5.89 Å². The number of carbonyl (C=O) groups excluding carboxylic acids is 2. The Morgan fingerprint density at radius 2 is 1.64 bits per heavy atom. The van der Waals surface area contributed by atoms with Crippen molar-refractivity contribution < 1.29 is 37.7 Å². The van der Waals surface area contributed by atoms with Gasteiger partial charge in [0.15, 0.2) is 17.9 Å². The third-order valence-electron chi connectivity index (χ3n) is 10.0. The van der Waals surface area contributed by atoms with Gasteiger partial charge < -0.3 is 28.1 Å². The van der Waals surface area contributed by atoms with Gasteiger partial charge in [-0.05, 0) is 51.0 Å². The molecule has 1 fully saturated rings. The molecule has 3 rings (SSSR count). The van der Waals surface area contributed by atoms with Crippen molar-refractivity contribution in [2.75, 3.05) is 20.8 Å². The zero-order valence-electron chi connectivity index (χ0n) is 34.5. The Labute approximate surface area is 334 Å². The zero-order valence-corrected chi connectivity index (χ0v) is 34.5. The molecule has 0 bridgehead atoms. The van der Waals surface area contributed by atoms with E-state index in [1.165, 1.54) is 6.26 Å². The molecule has 3 heterocycles. The van der Waals surface area contributed by atoms with Gasteiger partial charge in [0.05, 0.1) is 18.6 Å². The molecule has 1 saturated heterocycles. The molecular weight excluding hydrogens is 709 g/mol. The van der Waals surface area contributed by atoms with E-state index in [1.54, 1.807) is 26.4 Å². The molecule has 6 atom stereocenters. The lowest BCUT2D eigenvalue weighted by Crippen LogP contribution is -2.35. The van der Waals surface area contributed by atoms with Crippen molar-refractivity contribution in [3.8, 4) is 0 Å². The zero-order chi connectivity index (χ0) is 40.8. The predicted octanol–water partition coefficient (Wildman–Crippen LogP) is 9.85. The highest BCUT2D eigenvalue weighted by Gasteiger charge is 2.35. The van der Waals surface area contributed by atoms with Gasteiger partial charge in [-0.3, -0.25) is 4.79 Å². The second kappa shape index (κ2) is 24.1. The minimum atomic E-state index is -0.532. The Balaban J connectivity index is 1.53. The molecular formula is C46H62N2O8. The highest BCUT2D eigenvalue weighted by Crippen LogP contribution is 2.36. The van der Waals surface area contributed by atoms with Gasteiger partial charge in [-0.25, -0.2) is 14.8 Å². The van der Waals surface area contributed by atoms with Crippen LogP contribution < -0.4 is 0 Å². The molecule has 304 valence electrons. The van der Waals surface area contributed by atoms with E-state index in [9.17, 15) is 9.59 Å². The third kappa shape index (κ3) is 15.5. The number of epoxide rings is 1. The van der Waals surface area contributed by atoms with Crippen LogP contribution in [-0.2, 0) is 28.5 Å². The lowest BCUT2D eigenvalue weighted by Gasteiger charge is -2.35. The fraction of sp³-hybridized carbons (Fsp3) is 0.478. The van der Waals surface area contributed by atoms with Crippen LogP contribution in [0.5, 0.6) is 0 Å². The minimum Gasteiger partial charge on any atom is -0.476 e. The third-order valence-corrected chi connectivity index (χ3v) is 10.0. The van der Waals surface area contributed by atoms with Gasteiger partial charge in [0.25, 0.3) is 0 Å². The number of aldehydes is 1. The molecule has 6 unspecified atom stereocenters. The summed E-state index contributed by atoms with van der Waals surface area (Å²) in [4.78, 5) is 32.9. The fourth-order valence-electron chi connectivity index (χ4n) is 6.02. The van der Waals surface area contributed by atoms with Gasteiger partial charge in [-0.2, -0.15) is 0 Å². The normalized spacial score (nSPS) is 20.8. The number of rotatable bonds is 25. The summed E-state index contributed by atoms with van der Waals surface area (Å²) in [6.07, 6.45) is 39.0. The second-order valence-corrected chi connectivity index (χ2v) is 14.7. The first kappa shape index (κ1) is 45.7. The van der Waals surface area contributed by atoms with Crippen LogP contribution in [0.3, 0.4) is 0 Å². The summed E-state index contributed by atoms with van der Waals surface area (Å²) < 4.78 is 34.2. The molecule has 0 saturated carbocycles. The molecule has 0 aliphatic carbocycles. The van der Waals surface area contributed by atoms with Crippen molar-refractivity contribution >= 4 is 24.2 Å². The standard InChI is InChI=1S/C46H62N2O8/c1-9-12-29-45(4,5)40(52-8)26-21-24-39-38(55-39)23-19-20-27-42-48-37(34-54-42)44(50)56-41(46(6,11-3)30-13-10-2)25-18-16-14-15-17-22-36(51-7)32-43-47-35(33-49)28-31-53-43/h9-10,12-24,27-28,33-34,36,38-41H,11,25-26,29-32H2,1-8H3/b12-9+,13-10+,15-14-,18-16-,22-17+,23-19+,24-21-,27-20-. The number of oxazole rings is 1. The van der Waals surface area contributed by atoms with Crippen molar-refractivity contribution in [2.24, 2.45) is 15.8 Å². The maximum absolute atomic E-state index is 13.3. The first-order valence-corrected chi connectivity index (χ1v) is 19.5. The molecule has 0 radical (unpaired) electrons. The molecule has 1 aromatic heterocycles. The first-order chi connectivity index (χ1) is 27.0. The summed E-state index contributed by atoms with van der Waals surface area (Å²) in [6.45, 7) is 13.0. The monoisotopic (exact) mass is 770 g/mol. The molecule has 2 aliphatic rings. The van der Waals surface area contributed by atoms with Gasteiger partial charge in [-0.1, -0.05) is 119 Å². The van der Waals surface area contributed by atoms with Crippen LogP contribution in [0.2, 0.25) is 0 Å². The number of ether oxygens (including phenoxy) is 5. The van der Waals surface area contributed by atoms with Gasteiger partial charge >= 0.3 is 5.97 Å². The summed E-state index contributed by atoms with van der Waals surface area (Å²) in [5, 5.41) is 0. The molecule has 0 aromatic carbocycles. The number of hydrogen-bond acceptors (Lipinski definition) is 10. The number of allylic oxidation sites excluding steroid dienone is 11. The van der Waals surface area contributed by atoms with Crippen molar-refractivity contribution in [1.29, 1.82) is 0 Å². The minimum absolute atomic E-state index is 0.0134. The Bertz CT molecular complexity index is 1690. The predicted molar refractivity (Wildman–Crippen MR) is 223 cm³/mol. The van der Waals surface area contributed by atoms with Crippen molar-refractivity contribution in [2.45, 2.75) is 111 Å². The largest absolute Gasteiger partial charge is 0.476 e. The average Bonchev–Trinajstić information content (AvgIpc) is 3.78. The number of aromatic nitrogens is 1. The number of carbonyl (C=O) groups is 2. The van der Waals surface area contributed by atoms with Crippen molar-refractivity contribution in [3.05, 3.63) is 121 Å². The van der Waals surface area contributed by atoms with Crippen LogP contribution in [0.25, 0.3) is 6.08 Å². The Morgan fingerprint density at radius 3 is 2.36 bits per heavy atom. The molecule has 1 aromatic rings. The molecule has 0 N–H and O–H groups in total. The van der Waals surface area contributed by atoms with E-state index < -0.39 is 12.1 Å².